The summed E-state index contributed by atoms with van der Waals surface area (Å²) in [4.78, 5) is 50.4. The third kappa shape index (κ3) is 6.47. The Morgan fingerprint density at radius 3 is 2.67 bits per heavy atom. The fourth-order valence-corrected chi connectivity index (χ4v) is 5.79. The minimum absolute atomic E-state index is 0.0530. The minimum Gasteiger partial charge on any atom is -0.357 e. The molecule has 2 fully saturated rings. The van der Waals surface area contributed by atoms with Crippen LogP contribution in [0.2, 0.25) is 0 Å². The summed E-state index contributed by atoms with van der Waals surface area (Å²) in [7, 11) is 0. The normalized spacial score (nSPS) is 19.9. The average molecular weight is 531 g/mol. The maximum atomic E-state index is 13.5. The van der Waals surface area contributed by atoms with Crippen molar-refractivity contribution >= 4 is 28.6 Å². The molecule has 0 unspecified atom stereocenters. The van der Waals surface area contributed by atoms with E-state index >= 15 is 0 Å². The van der Waals surface area contributed by atoms with E-state index < -0.39 is 12.1 Å². The van der Waals surface area contributed by atoms with E-state index in [0.717, 1.165) is 48.9 Å². The number of carbonyl (C=O) groups is 3. The predicted octanol–water partition coefficient (Wildman–Crippen LogP) is 2.68. The molecule has 9 heteroatoms. The lowest BCUT2D eigenvalue weighted by Crippen LogP contribution is -2.51. The molecule has 0 aliphatic carbocycles. The molecule has 0 spiro atoms. The number of aryl methyl sites for hydroxylation is 1. The second kappa shape index (κ2) is 12.0. The molecule has 0 saturated carbocycles. The molecule has 3 aromatic rings. The Balaban J connectivity index is 1.24. The largest absolute Gasteiger partial charge is 0.357 e. The minimum atomic E-state index is -0.814. The van der Waals surface area contributed by atoms with Crippen LogP contribution in [0.4, 0.5) is 0 Å². The third-order valence-corrected chi connectivity index (χ3v) is 7.99. The van der Waals surface area contributed by atoms with Crippen LogP contribution in [0.5, 0.6) is 0 Å². The standard InChI is InChI=1S/C30H38N6O3/c1-20-4-6-21(7-5-20)14-22-15-27(29(38)33-18-24-16-23-17-32-11-10-26(23)34-24)36(19-22)30(39)25(31)8-9-28(37)35-12-2-3-13-35/h4-7,10-11,16-17,22,25,27,34H,2-3,8-9,12-15,18-19,31H2,1H3,(H,33,38)/t22-,25-,27+/m1/s1. The molecule has 1 aromatic carbocycles. The van der Waals surface area contributed by atoms with Gasteiger partial charge in [-0.15, -0.1) is 0 Å². The summed E-state index contributed by atoms with van der Waals surface area (Å²) in [5.74, 6) is -0.249. The summed E-state index contributed by atoms with van der Waals surface area (Å²) in [6.45, 7) is 4.41. The number of fused-ring (bicyclic) bond motifs is 1. The van der Waals surface area contributed by atoms with E-state index in [1.54, 1.807) is 17.3 Å². The number of pyridine rings is 1. The molecule has 2 aliphatic rings. The first kappa shape index (κ1) is 26.9. The number of aromatic amines is 1. The Kier molecular flexibility index (Phi) is 8.26. The van der Waals surface area contributed by atoms with Gasteiger partial charge in [0.2, 0.25) is 17.7 Å². The molecule has 0 bridgehead atoms. The van der Waals surface area contributed by atoms with Gasteiger partial charge in [0.1, 0.15) is 6.04 Å². The summed E-state index contributed by atoms with van der Waals surface area (Å²) >= 11 is 0. The number of nitrogens with one attached hydrogen (secondary N) is 2. The lowest BCUT2D eigenvalue weighted by Gasteiger charge is -2.27. The second-order valence-electron chi connectivity index (χ2n) is 11.0. The zero-order chi connectivity index (χ0) is 27.4. The van der Waals surface area contributed by atoms with Gasteiger partial charge in [0.05, 0.1) is 12.6 Å². The number of likely N-dealkylation sites (tertiary alicyclic amines) is 2. The molecule has 3 amide bonds. The molecular weight excluding hydrogens is 492 g/mol. The van der Waals surface area contributed by atoms with Gasteiger partial charge in [0.25, 0.3) is 0 Å². The molecule has 3 atom stereocenters. The lowest BCUT2D eigenvalue weighted by molar-refractivity contribution is -0.140. The predicted molar refractivity (Wildman–Crippen MR) is 149 cm³/mol. The number of rotatable bonds is 9. The van der Waals surface area contributed by atoms with Crippen LogP contribution in [-0.2, 0) is 27.3 Å². The molecule has 2 saturated heterocycles. The highest BCUT2D eigenvalue weighted by Crippen LogP contribution is 2.28. The summed E-state index contributed by atoms with van der Waals surface area (Å²) in [6.07, 6.45) is 7.44. The van der Waals surface area contributed by atoms with Gasteiger partial charge in [-0.05, 0) is 62.6 Å². The SMILES string of the molecule is Cc1ccc(C[C@@H]2C[C@@H](C(=O)NCc3cc4cnccc4[nH]3)N(C(=O)[C@H](N)CCC(=O)N3CCCC3)C2)cc1. The number of H-pyrrole nitrogens is 1. The molecule has 2 aromatic heterocycles. The van der Waals surface area contributed by atoms with Crippen molar-refractivity contribution in [2.45, 2.75) is 64.1 Å². The molecule has 9 nitrogen and oxygen atoms in total. The summed E-state index contributed by atoms with van der Waals surface area (Å²) in [5, 5.41) is 4.00. The fraction of sp³-hybridized carbons (Fsp3) is 0.467. The van der Waals surface area contributed by atoms with Crippen LogP contribution >= 0.6 is 0 Å². The molecule has 5 rings (SSSR count). The average Bonchev–Trinajstić information content (AvgIpc) is 3.71. The molecule has 4 heterocycles. The van der Waals surface area contributed by atoms with E-state index in [9.17, 15) is 14.4 Å². The van der Waals surface area contributed by atoms with Gasteiger partial charge in [0, 0.05) is 55.0 Å². The Labute approximate surface area is 229 Å². The molecule has 4 N–H and O–H groups in total. The van der Waals surface area contributed by atoms with E-state index in [-0.39, 0.29) is 36.5 Å². The number of nitrogens with zero attached hydrogens (tertiary/aromatic N) is 3. The van der Waals surface area contributed by atoms with Gasteiger partial charge in [-0.2, -0.15) is 0 Å². The van der Waals surface area contributed by atoms with E-state index in [4.69, 9.17) is 5.73 Å². The maximum Gasteiger partial charge on any atom is 0.243 e. The number of carbonyl (C=O) groups excluding carboxylic acids is 3. The van der Waals surface area contributed by atoms with E-state index in [1.165, 1.54) is 11.1 Å². The number of aromatic nitrogens is 2. The van der Waals surface area contributed by atoms with Crippen LogP contribution in [-0.4, -0.2) is 69.2 Å². The van der Waals surface area contributed by atoms with Crippen LogP contribution in [0.1, 0.15) is 48.9 Å². The van der Waals surface area contributed by atoms with Crippen LogP contribution < -0.4 is 11.1 Å². The Hall–Kier alpha value is -3.72. The Morgan fingerprint density at radius 1 is 1.15 bits per heavy atom. The number of benzene rings is 1. The maximum absolute atomic E-state index is 13.5. The summed E-state index contributed by atoms with van der Waals surface area (Å²) in [5.41, 5.74) is 10.5. The van der Waals surface area contributed by atoms with Crippen molar-refractivity contribution in [3.63, 3.8) is 0 Å². The molecule has 39 heavy (non-hydrogen) atoms. The summed E-state index contributed by atoms with van der Waals surface area (Å²) in [6, 6.07) is 10.8. The molecule has 206 valence electrons. The smallest absolute Gasteiger partial charge is 0.243 e. The fourth-order valence-electron chi connectivity index (χ4n) is 5.79. The van der Waals surface area contributed by atoms with Gasteiger partial charge in [0.15, 0.2) is 0 Å². The quantitative estimate of drug-likeness (QED) is 0.392. The van der Waals surface area contributed by atoms with Crippen LogP contribution in [0.3, 0.4) is 0 Å². The summed E-state index contributed by atoms with van der Waals surface area (Å²) < 4.78 is 0. The highest BCUT2D eigenvalue weighted by molar-refractivity contribution is 5.91. The second-order valence-corrected chi connectivity index (χ2v) is 11.0. The zero-order valence-electron chi connectivity index (χ0n) is 22.6. The van der Waals surface area contributed by atoms with Crippen molar-refractivity contribution in [2.75, 3.05) is 19.6 Å². The van der Waals surface area contributed by atoms with Gasteiger partial charge in [-0.25, -0.2) is 0 Å². The van der Waals surface area contributed by atoms with Gasteiger partial charge < -0.3 is 25.8 Å². The van der Waals surface area contributed by atoms with Gasteiger partial charge in [-0.1, -0.05) is 29.8 Å². The number of hydrogen-bond donors (Lipinski definition) is 3. The van der Waals surface area contributed by atoms with Crippen LogP contribution in [0, 0.1) is 12.8 Å². The Bertz CT molecular complexity index is 1280. The lowest BCUT2D eigenvalue weighted by atomic mass is 9.96. The van der Waals surface area contributed by atoms with Crippen molar-refractivity contribution in [2.24, 2.45) is 11.7 Å². The zero-order valence-corrected chi connectivity index (χ0v) is 22.6. The molecule has 0 radical (unpaired) electrons. The van der Waals surface area contributed by atoms with Crippen molar-refractivity contribution in [3.05, 3.63) is 65.6 Å². The van der Waals surface area contributed by atoms with Crippen molar-refractivity contribution in [1.29, 1.82) is 0 Å². The third-order valence-electron chi connectivity index (χ3n) is 7.99. The first-order valence-corrected chi connectivity index (χ1v) is 14.0. The van der Waals surface area contributed by atoms with Crippen LogP contribution in [0.15, 0.2) is 48.8 Å². The highest BCUT2D eigenvalue weighted by atomic mass is 16.2. The van der Waals surface area contributed by atoms with Crippen molar-refractivity contribution < 1.29 is 14.4 Å². The van der Waals surface area contributed by atoms with E-state index in [2.05, 4.69) is 46.5 Å². The number of amides is 3. The van der Waals surface area contributed by atoms with Gasteiger partial charge in [-0.3, -0.25) is 19.4 Å². The Morgan fingerprint density at radius 2 is 1.92 bits per heavy atom. The first-order valence-electron chi connectivity index (χ1n) is 14.0. The highest BCUT2D eigenvalue weighted by Gasteiger charge is 2.41. The monoisotopic (exact) mass is 530 g/mol. The van der Waals surface area contributed by atoms with E-state index in [1.807, 2.05) is 17.0 Å². The van der Waals surface area contributed by atoms with Crippen LogP contribution in [0.25, 0.3) is 10.9 Å². The topological polar surface area (TPSA) is 124 Å². The van der Waals surface area contributed by atoms with Gasteiger partial charge >= 0.3 is 0 Å². The van der Waals surface area contributed by atoms with E-state index in [0.29, 0.717) is 19.5 Å². The molecule has 2 aliphatic heterocycles. The van der Waals surface area contributed by atoms with Crippen molar-refractivity contribution in [3.8, 4) is 0 Å². The first-order chi connectivity index (χ1) is 18.9. The molecular formula is C30H38N6O3. The number of hydrogen-bond acceptors (Lipinski definition) is 5. The number of nitrogens with two attached hydrogens (primary N) is 1. The van der Waals surface area contributed by atoms with Crippen molar-refractivity contribution in [1.82, 2.24) is 25.1 Å².